The van der Waals surface area contributed by atoms with Crippen molar-refractivity contribution in [3.05, 3.63) is 35.7 Å². The summed E-state index contributed by atoms with van der Waals surface area (Å²) in [6.07, 6.45) is 0. The van der Waals surface area contributed by atoms with E-state index in [1.165, 1.54) is 38.1 Å². The molecular weight excluding hydrogens is 315 g/mol. The first-order chi connectivity index (χ1) is 8.73. The van der Waals surface area contributed by atoms with Gasteiger partial charge >= 0.3 is 112 Å². The summed E-state index contributed by atoms with van der Waals surface area (Å²) in [5, 5.41) is 16.4. The van der Waals surface area contributed by atoms with Gasteiger partial charge in [-0.2, -0.15) is 0 Å². The number of aliphatic hydroxyl groups excluding tert-OH is 1. The molecule has 0 saturated carbocycles. The summed E-state index contributed by atoms with van der Waals surface area (Å²) in [6, 6.07) is 5.61. The average Bonchev–Trinajstić information content (AvgIpc) is 2.27. The number of benzene rings is 1. The minimum atomic E-state index is -5.12. The van der Waals surface area contributed by atoms with E-state index in [1.54, 1.807) is 0 Å². The van der Waals surface area contributed by atoms with Crippen molar-refractivity contribution < 1.29 is 21.8 Å². The number of hydrogen-bond donors (Lipinski definition) is 3. The van der Waals surface area contributed by atoms with E-state index in [4.69, 9.17) is 0 Å². The predicted molar refractivity (Wildman–Crippen MR) is 67.5 cm³/mol. The first kappa shape index (κ1) is 15.4. The third kappa shape index (κ3) is 4.17. The monoisotopic (exact) mass is 328 g/mol. The van der Waals surface area contributed by atoms with Crippen molar-refractivity contribution in [2.45, 2.75) is 13.8 Å². The molecule has 19 heavy (non-hydrogen) atoms. The number of nitrogens with zero attached hydrogens (tertiary/aromatic N) is 2. The summed E-state index contributed by atoms with van der Waals surface area (Å²) in [6.45, 7) is 2.47. The van der Waals surface area contributed by atoms with E-state index in [1.807, 2.05) is 0 Å². The van der Waals surface area contributed by atoms with Gasteiger partial charge in [0, 0.05) is 0 Å². The zero-order valence-corrected chi connectivity index (χ0v) is 12.2. The summed E-state index contributed by atoms with van der Waals surface area (Å²) in [5.41, 5.74) is -0.289. The summed E-state index contributed by atoms with van der Waals surface area (Å²) < 4.78 is 29.4. The third-order valence-corrected chi connectivity index (χ3v) is 4.24. The number of Topliss-reactive ketones (excluding diaryl/α,β-unsaturated/α-hetero) is 1. The van der Waals surface area contributed by atoms with Gasteiger partial charge in [-0.15, -0.1) is 0 Å². The zero-order valence-electron chi connectivity index (χ0n) is 10.3. The number of allylic oxidation sites excluding steroid dienone is 2. The number of carbonyl (C=O) groups is 1. The van der Waals surface area contributed by atoms with Gasteiger partial charge in [0.15, 0.2) is 0 Å². The van der Waals surface area contributed by atoms with Crippen LogP contribution in [0.4, 0.5) is 5.69 Å². The summed E-state index contributed by atoms with van der Waals surface area (Å²) in [5.74, 6) is -0.807. The molecule has 0 aliphatic carbocycles. The summed E-state index contributed by atoms with van der Waals surface area (Å²) in [7, 11) is 0. The van der Waals surface area contributed by atoms with E-state index in [0.29, 0.717) is 0 Å². The molecule has 0 saturated heterocycles. The fraction of sp³-hybridized carbons (Fsp3) is 0.182. The van der Waals surface area contributed by atoms with Crippen molar-refractivity contribution in [2.75, 3.05) is 0 Å². The Balaban J connectivity index is 3.25. The summed E-state index contributed by atoms with van der Waals surface area (Å²) in [4.78, 5) is 11.2. The molecule has 3 N–H and O–H groups in total. The molecule has 0 heterocycles. The Hall–Kier alpha value is -1.69. The number of hydrogen-bond acceptors (Lipinski definition) is 5. The number of azo groups is 1. The minimum absolute atomic E-state index is 0.0324. The normalized spacial score (nSPS) is 13.5. The second-order valence-corrected chi connectivity index (χ2v) is 7.02. The molecule has 0 fully saturated rings. The van der Waals surface area contributed by atoms with Crippen molar-refractivity contribution >= 4 is 30.0 Å². The fourth-order valence-electron chi connectivity index (χ4n) is 1.30. The Morgan fingerprint density at radius 2 is 1.79 bits per heavy atom. The third-order valence-electron chi connectivity index (χ3n) is 2.13. The molecule has 0 unspecified atom stereocenters. The van der Waals surface area contributed by atoms with Crippen LogP contribution in [0.15, 0.2) is 46.0 Å². The number of rotatable bonds is 4. The van der Waals surface area contributed by atoms with Gasteiger partial charge in [0.2, 0.25) is 0 Å². The fourth-order valence-corrected chi connectivity index (χ4v) is 2.76. The second-order valence-electron chi connectivity index (χ2n) is 3.72. The van der Waals surface area contributed by atoms with Gasteiger partial charge in [0.25, 0.3) is 0 Å². The van der Waals surface area contributed by atoms with E-state index in [2.05, 4.69) is 10.2 Å². The zero-order chi connectivity index (χ0) is 14.6. The van der Waals surface area contributed by atoms with E-state index >= 15 is 0 Å². The van der Waals surface area contributed by atoms with E-state index in [0.717, 1.165) is 0 Å². The molecule has 1 rings (SSSR count). The molecule has 0 bridgehead atoms. The van der Waals surface area contributed by atoms with Crippen LogP contribution in [0.1, 0.15) is 13.8 Å². The molecule has 0 spiro atoms. The molecule has 0 amide bonds. The van der Waals surface area contributed by atoms with Crippen LogP contribution in [-0.4, -0.2) is 33.3 Å². The predicted octanol–water partition coefficient (Wildman–Crippen LogP) is 0.710. The van der Waals surface area contributed by atoms with E-state index in [9.17, 15) is 21.8 Å². The Morgan fingerprint density at radius 1 is 1.21 bits per heavy atom. The Morgan fingerprint density at radius 3 is 2.26 bits per heavy atom. The Bertz CT molecular complexity index is 599. The molecule has 0 atom stereocenters. The van der Waals surface area contributed by atoms with Crippen LogP contribution in [0.25, 0.3) is 0 Å². The van der Waals surface area contributed by atoms with E-state index < -0.39 is 20.0 Å². The van der Waals surface area contributed by atoms with Crippen LogP contribution in [-0.2, 0) is 8.53 Å². The molecule has 8 heteroatoms. The van der Waals surface area contributed by atoms with Gasteiger partial charge in [-0.25, -0.2) is 0 Å². The van der Waals surface area contributed by atoms with Gasteiger partial charge in [-0.1, -0.05) is 0 Å². The molecule has 0 radical (unpaired) electrons. The van der Waals surface area contributed by atoms with Gasteiger partial charge in [-0.05, 0) is 0 Å². The molecule has 0 aromatic heterocycles. The molecular formula is C11H13AsN2O5. The van der Waals surface area contributed by atoms with Crippen LogP contribution in [0, 0.1) is 0 Å². The van der Waals surface area contributed by atoms with Gasteiger partial charge < -0.3 is 0 Å². The van der Waals surface area contributed by atoms with Crippen LogP contribution >= 0.6 is 0 Å². The van der Waals surface area contributed by atoms with Crippen LogP contribution in [0.3, 0.4) is 0 Å². The van der Waals surface area contributed by atoms with Crippen molar-refractivity contribution in [1.29, 1.82) is 0 Å². The SMILES string of the molecule is CC(=O)/C(N=Nc1ccccc1[As](=O)(O)O)=C(/C)O. The van der Waals surface area contributed by atoms with Crippen LogP contribution < -0.4 is 4.35 Å². The van der Waals surface area contributed by atoms with Crippen LogP contribution in [0.2, 0.25) is 0 Å². The number of aliphatic hydroxyl groups is 1. The van der Waals surface area contributed by atoms with Gasteiger partial charge in [0.1, 0.15) is 0 Å². The van der Waals surface area contributed by atoms with Gasteiger partial charge in [-0.3, -0.25) is 0 Å². The van der Waals surface area contributed by atoms with E-state index in [-0.39, 0.29) is 21.5 Å². The topological polar surface area (TPSA) is 120 Å². The number of ketones is 1. The van der Waals surface area contributed by atoms with Crippen LogP contribution in [0.5, 0.6) is 0 Å². The molecule has 102 valence electrons. The quantitative estimate of drug-likeness (QED) is 0.325. The average molecular weight is 328 g/mol. The van der Waals surface area contributed by atoms with Crippen molar-refractivity contribution in [2.24, 2.45) is 10.2 Å². The van der Waals surface area contributed by atoms with Crippen molar-refractivity contribution in [3.8, 4) is 0 Å². The van der Waals surface area contributed by atoms with Gasteiger partial charge in [0.05, 0.1) is 0 Å². The first-order valence-corrected chi connectivity index (χ1v) is 8.59. The molecule has 0 aliphatic heterocycles. The maximum atomic E-state index is 11.3. The Kier molecular flexibility index (Phi) is 4.83. The second kappa shape index (κ2) is 5.97. The number of carbonyl (C=O) groups excluding carboxylic acids is 1. The standard InChI is InChI=1S/C11H13AsN2O5/c1-7(15)11(8(2)16)14-13-10-6-4-3-5-9(10)12(17,18)19/h3-6,15H,1-2H3,(H2,17,18,19)/b11-7+,14-13?. The molecule has 7 nitrogen and oxygen atoms in total. The summed E-state index contributed by atoms with van der Waals surface area (Å²) >= 11 is -5.12. The van der Waals surface area contributed by atoms with Crippen molar-refractivity contribution in [3.63, 3.8) is 0 Å². The molecule has 0 aliphatic rings. The first-order valence-electron chi connectivity index (χ1n) is 5.21. The van der Waals surface area contributed by atoms with Crippen molar-refractivity contribution in [1.82, 2.24) is 0 Å². The molecule has 1 aromatic rings. The maximum absolute atomic E-state index is 11.3. The molecule has 1 aromatic carbocycles. The Labute approximate surface area is 112 Å².